The Morgan fingerprint density at radius 3 is 2.50 bits per heavy atom. The lowest BCUT2D eigenvalue weighted by molar-refractivity contribution is 0.125. The average molecular weight is 479 g/mol. The molecule has 0 amide bonds. The Morgan fingerprint density at radius 2 is 1.81 bits per heavy atom. The van der Waals surface area contributed by atoms with Crippen molar-refractivity contribution in [1.29, 1.82) is 0 Å². The van der Waals surface area contributed by atoms with Gasteiger partial charge in [0.25, 0.3) is 0 Å². The van der Waals surface area contributed by atoms with E-state index in [9.17, 15) is 0 Å². The minimum absolute atomic E-state index is 0. The van der Waals surface area contributed by atoms with Gasteiger partial charge < -0.3 is 14.4 Å². The highest BCUT2D eigenvalue weighted by Crippen LogP contribution is 2.46. The third-order valence-electron chi connectivity index (χ3n) is 6.69. The van der Waals surface area contributed by atoms with Crippen molar-refractivity contribution in [2.45, 2.75) is 59.0 Å². The minimum Gasteiger partial charge on any atom is -0.492 e. The number of rotatable bonds is 7. The van der Waals surface area contributed by atoms with Crippen molar-refractivity contribution >= 4 is 24.0 Å². The van der Waals surface area contributed by atoms with E-state index < -0.39 is 0 Å². The first-order valence-electron chi connectivity index (χ1n) is 11.7. The molecule has 2 aliphatic heterocycles. The van der Waals surface area contributed by atoms with Gasteiger partial charge in [-0.25, -0.2) is 0 Å². The zero-order chi connectivity index (χ0) is 22.0. The van der Waals surface area contributed by atoms with Crippen LogP contribution in [0.25, 0.3) is 0 Å². The van der Waals surface area contributed by atoms with E-state index in [2.05, 4.69) is 56.9 Å². The van der Waals surface area contributed by atoms with Gasteiger partial charge >= 0.3 is 0 Å². The Bertz CT molecular complexity index is 905. The molecule has 4 rings (SSSR count). The van der Waals surface area contributed by atoms with Gasteiger partial charge in [0.1, 0.15) is 18.1 Å². The minimum atomic E-state index is 0. The van der Waals surface area contributed by atoms with Crippen molar-refractivity contribution in [2.75, 3.05) is 26.2 Å². The molecule has 0 aliphatic carbocycles. The summed E-state index contributed by atoms with van der Waals surface area (Å²) in [6.45, 7) is 13.8. The number of nitrogens with zero attached hydrogens (tertiary/aromatic N) is 1. The van der Waals surface area contributed by atoms with Crippen LogP contribution in [-0.2, 0) is 18.4 Å². The molecule has 3 nitrogen and oxygen atoms in total. The summed E-state index contributed by atoms with van der Waals surface area (Å²) in [6.07, 6.45) is 3.35. The van der Waals surface area contributed by atoms with Crippen molar-refractivity contribution < 1.29 is 9.47 Å². The van der Waals surface area contributed by atoms with Crippen molar-refractivity contribution in [1.82, 2.24) is 4.90 Å². The third kappa shape index (κ3) is 5.55. The van der Waals surface area contributed by atoms with E-state index in [0.29, 0.717) is 12.5 Å². The fourth-order valence-corrected chi connectivity index (χ4v) is 5.34. The molecule has 2 aliphatic rings. The normalized spacial score (nSPS) is 17.3. The van der Waals surface area contributed by atoms with E-state index in [1.165, 1.54) is 30.5 Å². The Kier molecular flexibility index (Phi) is 8.41. The van der Waals surface area contributed by atoms with Crippen molar-refractivity contribution in [3.8, 4) is 11.5 Å². The topological polar surface area (TPSA) is 21.7 Å². The molecule has 0 saturated carbocycles. The van der Waals surface area contributed by atoms with Crippen LogP contribution in [-0.4, -0.2) is 31.1 Å². The highest BCUT2D eigenvalue weighted by molar-refractivity contribution is 6.31. The van der Waals surface area contributed by atoms with Gasteiger partial charge in [0.05, 0.1) is 6.61 Å². The van der Waals surface area contributed by atoms with Crippen LogP contribution in [0, 0.1) is 11.8 Å². The van der Waals surface area contributed by atoms with E-state index in [-0.39, 0.29) is 17.8 Å². The molecule has 0 aromatic heterocycles. The second-order valence-electron chi connectivity index (χ2n) is 10.2. The summed E-state index contributed by atoms with van der Waals surface area (Å²) in [5.74, 6) is 3.15. The lowest BCUT2D eigenvalue weighted by atomic mass is 9.74. The van der Waals surface area contributed by atoms with Gasteiger partial charge in [-0.05, 0) is 61.9 Å². The molecular weight excluding hydrogens is 441 g/mol. The number of likely N-dealkylation sites (tertiary alicyclic amines) is 1. The maximum atomic E-state index is 6.50. The summed E-state index contributed by atoms with van der Waals surface area (Å²) in [5.41, 5.74) is 3.90. The first-order chi connectivity index (χ1) is 14.9. The van der Waals surface area contributed by atoms with Gasteiger partial charge in [-0.3, -0.25) is 0 Å². The Hall–Kier alpha value is -1.42. The van der Waals surface area contributed by atoms with E-state index in [1.54, 1.807) is 0 Å². The molecule has 0 N–H and O–H groups in total. The Morgan fingerprint density at radius 1 is 1.06 bits per heavy atom. The van der Waals surface area contributed by atoms with Crippen LogP contribution in [0.15, 0.2) is 36.4 Å². The highest BCUT2D eigenvalue weighted by Gasteiger charge is 2.43. The molecule has 5 heteroatoms. The fourth-order valence-electron chi connectivity index (χ4n) is 5.09. The number of halogens is 2. The molecule has 1 saturated heterocycles. The highest BCUT2D eigenvalue weighted by atomic mass is 35.5. The first kappa shape index (κ1) is 25.2. The van der Waals surface area contributed by atoms with Gasteiger partial charge in [0.2, 0.25) is 0 Å². The van der Waals surface area contributed by atoms with Crippen LogP contribution in [0.1, 0.15) is 57.2 Å². The average Bonchev–Trinajstić information content (AvgIpc) is 3.06. The molecule has 32 heavy (non-hydrogen) atoms. The number of ether oxygens (including phenoxy) is 2. The lowest BCUT2D eigenvalue weighted by Crippen LogP contribution is -2.44. The number of hydrogen-bond donors (Lipinski definition) is 0. The Labute approximate surface area is 204 Å². The molecule has 2 aromatic rings. The van der Waals surface area contributed by atoms with Gasteiger partial charge in [-0.2, -0.15) is 0 Å². The van der Waals surface area contributed by atoms with Crippen LogP contribution in [0.5, 0.6) is 11.5 Å². The first-order valence-corrected chi connectivity index (χ1v) is 12.1. The number of fused-ring (bicyclic) bond motifs is 2. The molecule has 0 bridgehead atoms. The fraction of sp³-hybridized carbons (Fsp3) is 0.556. The van der Waals surface area contributed by atoms with Crippen LogP contribution < -0.4 is 9.47 Å². The molecule has 1 spiro atoms. The van der Waals surface area contributed by atoms with Crippen molar-refractivity contribution in [3.63, 3.8) is 0 Å². The molecule has 0 unspecified atom stereocenters. The number of piperidine rings is 1. The zero-order valence-electron chi connectivity index (χ0n) is 19.8. The molecule has 0 atom stereocenters. The van der Waals surface area contributed by atoms with Crippen LogP contribution in [0.3, 0.4) is 0 Å². The molecule has 2 aromatic carbocycles. The van der Waals surface area contributed by atoms with E-state index in [1.807, 2.05) is 12.1 Å². The maximum Gasteiger partial charge on any atom is 0.126 e. The van der Waals surface area contributed by atoms with E-state index >= 15 is 0 Å². The van der Waals surface area contributed by atoms with Gasteiger partial charge in [-0.1, -0.05) is 57.5 Å². The summed E-state index contributed by atoms with van der Waals surface area (Å²) in [5, 5.41) is 0.780. The molecule has 2 heterocycles. The third-order valence-corrected chi connectivity index (χ3v) is 7.05. The van der Waals surface area contributed by atoms with Gasteiger partial charge in [-0.15, -0.1) is 12.4 Å². The zero-order valence-corrected chi connectivity index (χ0v) is 21.4. The molecule has 0 radical (unpaired) electrons. The van der Waals surface area contributed by atoms with Crippen molar-refractivity contribution in [3.05, 3.63) is 58.1 Å². The quantitative estimate of drug-likeness (QED) is 0.431. The van der Waals surface area contributed by atoms with Crippen molar-refractivity contribution in [2.24, 2.45) is 11.8 Å². The summed E-state index contributed by atoms with van der Waals surface area (Å²) in [6, 6.07) is 12.5. The molecule has 1 fully saturated rings. The van der Waals surface area contributed by atoms with Gasteiger partial charge in [0.15, 0.2) is 0 Å². The predicted molar refractivity (Wildman–Crippen MR) is 136 cm³/mol. The molecule has 176 valence electrons. The summed E-state index contributed by atoms with van der Waals surface area (Å²) in [4.78, 5) is 2.60. The standard InChI is InChI=1S/C27H36ClNO2.ClH/c1-19(2)14-21-6-5-7-25(28)23(21)17-30-22-8-9-24-26(15-22)31-18-27(24)10-12-29(13-11-27)16-20(3)4;/h5-9,15,19-20H,10-14,16-18H2,1-4H3;1H. The summed E-state index contributed by atoms with van der Waals surface area (Å²) < 4.78 is 12.4. The van der Waals surface area contributed by atoms with E-state index in [0.717, 1.165) is 54.1 Å². The maximum absolute atomic E-state index is 6.50. The van der Waals surface area contributed by atoms with Crippen LogP contribution >= 0.6 is 24.0 Å². The van der Waals surface area contributed by atoms with Gasteiger partial charge in [0, 0.05) is 34.2 Å². The smallest absolute Gasteiger partial charge is 0.126 e. The number of hydrogen-bond acceptors (Lipinski definition) is 3. The predicted octanol–water partition coefficient (Wildman–Crippen LogP) is 6.92. The van der Waals surface area contributed by atoms with Crippen LogP contribution in [0.4, 0.5) is 0 Å². The van der Waals surface area contributed by atoms with E-state index in [4.69, 9.17) is 21.1 Å². The summed E-state index contributed by atoms with van der Waals surface area (Å²) in [7, 11) is 0. The monoisotopic (exact) mass is 477 g/mol. The largest absolute Gasteiger partial charge is 0.492 e. The lowest BCUT2D eigenvalue weighted by Gasteiger charge is -2.39. The number of benzene rings is 2. The Balaban J connectivity index is 0.00000289. The SMILES string of the molecule is CC(C)Cc1cccc(Cl)c1COc1ccc2c(c1)OCC21CCN(CC(C)C)CC1.Cl. The summed E-state index contributed by atoms with van der Waals surface area (Å²) >= 11 is 6.50. The van der Waals surface area contributed by atoms with Crippen LogP contribution in [0.2, 0.25) is 5.02 Å². The molecular formula is C27H37Cl2NO2. The second-order valence-corrected chi connectivity index (χ2v) is 10.6. The second kappa shape index (κ2) is 10.7.